The number of benzene rings is 1. The van der Waals surface area contributed by atoms with Gasteiger partial charge in [-0.2, -0.15) is 5.10 Å². The van der Waals surface area contributed by atoms with E-state index >= 15 is 0 Å². The fourth-order valence-corrected chi connectivity index (χ4v) is 4.60. The number of amides is 2. The molecule has 166 valence electrons. The second kappa shape index (κ2) is 9.34. The highest BCUT2D eigenvalue weighted by atomic mass is 16.2. The van der Waals surface area contributed by atoms with E-state index in [4.69, 9.17) is 0 Å². The van der Waals surface area contributed by atoms with Gasteiger partial charge in [0.15, 0.2) is 0 Å². The van der Waals surface area contributed by atoms with Crippen molar-refractivity contribution in [1.82, 2.24) is 25.0 Å². The van der Waals surface area contributed by atoms with Crippen molar-refractivity contribution in [1.29, 1.82) is 0 Å². The van der Waals surface area contributed by atoms with Gasteiger partial charge in [-0.25, -0.2) is 0 Å². The molecular weight excluding hydrogens is 402 g/mol. The standard InChI is InChI=1S/C25H29N5O2/c1-3-27-24(32)25(12-7-14-30(18-25)23(31)22-11-15-29(2)28-22)16-19-8-4-5-10-21(19)20-9-6-13-26-17-20/h4-6,8-11,13,15,17H,3,7,12,14,16,18H2,1-2H3,(H,27,32)/t25-/m0/s1. The summed E-state index contributed by atoms with van der Waals surface area (Å²) in [5, 5.41) is 7.30. The molecule has 7 nitrogen and oxygen atoms in total. The van der Waals surface area contributed by atoms with Crippen LogP contribution in [0.5, 0.6) is 0 Å². The molecular formula is C25H29N5O2. The molecule has 1 N–H and O–H groups in total. The number of carbonyl (C=O) groups is 2. The number of hydrogen-bond acceptors (Lipinski definition) is 4. The highest BCUT2D eigenvalue weighted by molar-refractivity contribution is 5.93. The van der Waals surface area contributed by atoms with E-state index in [0.717, 1.165) is 29.5 Å². The number of rotatable bonds is 6. The van der Waals surface area contributed by atoms with Gasteiger partial charge in [0.25, 0.3) is 5.91 Å². The van der Waals surface area contributed by atoms with Crippen LogP contribution in [0.3, 0.4) is 0 Å². The van der Waals surface area contributed by atoms with Gasteiger partial charge >= 0.3 is 0 Å². The molecule has 3 heterocycles. The first-order chi connectivity index (χ1) is 15.5. The third kappa shape index (κ3) is 4.42. The summed E-state index contributed by atoms with van der Waals surface area (Å²) >= 11 is 0. The van der Waals surface area contributed by atoms with Gasteiger partial charge in [-0.3, -0.25) is 19.3 Å². The number of carbonyl (C=O) groups excluding carboxylic acids is 2. The Morgan fingerprint density at radius 2 is 2.00 bits per heavy atom. The third-order valence-electron chi connectivity index (χ3n) is 6.13. The first kappa shape index (κ1) is 21.7. The minimum Gasteiger partial charge on any atom is -0.356 e. The van der Waals surface area contributed by atoms with Crippen LogP contribution in [0.15, 0.2) is 61.1 Å². The molecule has 2 amide bonds. The van der Waals surface area contributed by atoms with Crippen LogP contribution >= 0.6 is 0 Å². The molecule has 1 aromatic carbocycles. The van der Waals surface area contributed by atoms with Crippen molar-refractivity contribution in [2.45, 2.75) is 26.2 Å². The molecule has 2 aromatic heterocycles. The maximum absolute atomic E-state index is 13.4. The van der Waals surface area contributed by atoms with E-state index in [1.807, 2.05) is 37.4 Å². The number of nitrogens with zero attached hydrogens (tertiary/aromatic N) is 4. The quantitative estimate of drug-likeness (QED) is 0.650. The van der Waals surface area contributed by atoms with Crippen LogP contribution in [0.25, 0.3) is 11.1 Å². The van der Waals surface area contributed by atoms with E-state index in [0.29, 0.717) is 31.7 Å². The van der Waals surface area contributed by atoms with Crippen molar-refractivity contribution in [3.05, 3.63) is 72.3 Å². The summed E-state index contributed by atoms with van der Waals surface area (Å²) in [5.74, 6) is -0.126. The smallest absolute Gasteiger partial charge is 0.274 e. The second-order valence-electron chi connectivity index (χ2n) is 8.42. The molecule has 1 aliphatic heterocycles. The molecule has 1 saturated heterocycles. The van der Waals surface area contributed by atoms with Crippen molar-refractivity contribution >= 4 is 11.8 Å². The summed E-state index contributed by atoms with van der Waals surface area (Å²) in [6.07, 6.45) is 7.41. The Hall–Kier alpha value is -3.48. The van der Waals surface area contributed by atoms with Crippen molar-refractivity contribution in [2.24, 2.45) is 12.5 Å². The molecule has 3 aromatic rings. The van der Waals surface area contributed by atoms with Gasteiger partial charge in [0.05, 0.1) is 5.41 Å². The summed E-state index contributed by atoms with van der Waals surface area (Å²) in [5.41, 5.74) is 2.88. The summed E-state index contributed by atoms with van der Waals surface area (Å²) < 4.78 is 1.62. The molecule has 4 rings (SSSR count). The number of likely N-dealkylation sites (tertiary alicyclic amines) is 1. The lowest BCUT2D eigenvalue weighted by Crippen LogP contribution is -2.54. The van der Waals surface area contributed by atoms with Gasteiger partial charge in [-0.05, 0) is 49.4 Å². The van der Waals surface area contributed by atoms with Crippen molar-refractivity contribution in [2.75, 3.05) is 19.6 Å². The number of nitrogens with one attached hydrogen (secondary N) is 1. The lowest BCUT2D eigenvalue weighted by Gasteiger charge is -2.42. The maximum atomic E-state index is 13.4. The van der Waals surface area contributed by atoms with Crippen LogP contribution in [0.2, 0.25) is 0 Å². The van der Waals surface area contributed by atoms with Gasteiger partial charge in [-0.15, -0.1) is 0 Å². The van der Waals surface area contributed by atoms with Crippen LogP contribution in [0, 0.1) is 5.41 Å². The second-order valence-corrected chi connectivity index (χ2v) is 8.42. The van der Waals surface area contributed by atoms with Gasteiger partial charge < -0.3 is 10.2 Å². The van der Waals surface area contributed by atoms with Crippen LogP contribution in [0.1, 0.15) is 35.8 Å². The van der Waals surface area contributed by atoms with E-state index < -0.39 is 5.41 Å². The molecule has 0 bridgehead atoms. The summed E-state index contributed by atoms with van der Waals surface area (Å²) in [7, 11) is 1.79. The Bertz CT molecular complexity index is 1090. The van der Waals surface area contributed by atoms with Gasteiger partial charge in [0, 0.05) is 50.8 Å². The molecule has 0 aliphatic carbocycles. The topological polar surface area (TPSA) is 80.1 Å². The average Bonchev–Trinajstić information content (AvgIpc) is 3.26. The number of aromatic nitrogens is 3. The lowest BCUT2D eigenvalue weighted by molar-refractivity contribution is -0.133. The molecule has 0 spiro atoms. The Morgan fingerprint density at radius 1 is 1.16 bits per heavy atom. The average molecular weight is 432 g/mol. The fourth-order valence-electron chi connectivity index (χ4n) is 4.60. The van der Waals surface area contributed by atoms with Crippen LogP contribution in [-0.2, 0) is 18.3 Å². The largest absolute Gasteiger partial charge is 0.356 e. The van der Waals surface area contributed by atoms with Crippen molar-refractivity contribution < 1.29 is 9.59 Å². The maximum Gasteiger partial charge on any atom is 0.274 e. The van der Waals surface area contributed by atoms with Gasteiger partial charge in [0.2, 0.25) is 5.91 Å². The molecule has 32 heavy (non-hydrogen) atoms. The Balaban J connectivity index is 1.67. The Kier molecular flexibility index (Phi) is 6.35. The van der Waals surface area contributed by atoms with Crippen molar-refractivity contribution in [3.8, 4) is 11.1 Å². The lowest BCUT2D eigenvalue weighted by atomic mass is 9.73. The Morgan fingerprint density at radius 3 is 2.72 bits per heavy atom. The zero-order valence-electron chi connectivity index (χ0n) is 18.6. The van der Waals surface area contributed by atoms with Crippen LogP contribution in [0.4, 0.5) is 0 Å². The number of pyridine rings is 1. The number of aryl methyl sites for hydroxylation is 1. The van der Waals surface area contributed by atoms with Crippen LogP contribution < -0.4 is 5.32 Å². The zero-order chi connectivity index (χ0) is 22.6. The number of piperidine rings is 1. The minimum absolute atomic E-state index is 0.000453. The first-order valence-electron chi connectivity index (χ1n) is 11.1. The monoisotopic (exact) mass is 431 g/mol. The summed E-state index contributed by atoms with van der Waals surface area (Å²) in [6, 6.07) is 13.8. The molecule has 7 heteroatoms. The van der Waals surface area contributed by atoms with Crippen LogP contribution in [-0.4, -0.2) is 51.1 Å². The molecule has 0 radical (unpaired) electrons. The van der Waals surface area contributed by atoms with E-state index in [9.17, 15) is 9.59 Å². The highest BCUT2D eigenvalue weighted by Gasteiger charge is 2.44. The molecule has 1 fully saturated rings. The van der Waals surface area contributed by atoms with E-state index in [2.05, 4.69) is 27.5 Å². The third-order valence-corrected chi connectivity index (χ3v) is 6.13. The van der Waals surface area contributed by atoms with Gasteiger partial charge in [-0.1, -0.05) is 30.3 Å². The van der Waals surface area contributed by atoms with E-state index in [-0.39, 0.29) is 11.8 Å². The molecule has 1 aliphatic rings. The number of hydrogen-bond donors (Lipinski definition) is 1. The SMILES string of the molecule is CCNC(=O)[C@]1(Cc2ccccc2-c2cccnc2)CCCN(C(=O)c2ccn(C)n2)C1. The van der Waals surface area contributed by atoms with Crippen molar-refractivity contribution in [3.63, 3.8) is 0 Å². The summed E-state index contributed by atoms with van der Waals surface area (Å²) in [4.78, 5) is 32.6. The predicted octanol–water partition coefficient (Wildman–Crippen LogP) is 3.08. The van der Waals surface area contributed by atoms with E-state index in [1.54, 1.807) is 35.1 Å². The summed E-state index contributed by atoms with van der Waals surface area (Å²) in [6.45, 7) is 3.48. The minimum atomic E-state index is -0.697. The zero-order valence-corrected chi connectivity index (χ0v) is 18.6. The normalized spacial score (nSPS) is 18.4. The fraction of sp³-hybridized carbons (Fsp3) is 0.360. The predicted molar refractivity (Wildman–Crippen MR) is 123 cm³/mol. The van der Waals surface area contributed by atoms with Gasteiger partial charge in [0.1, 0.15) is 5.69 Å². The van der Waals surface area contributed by atoms with E-state index in [1.165, 1.54) is 0 Å². The molecule has 1 atom stereocenters. The Labute approximate surface area is 188 Å². The molecule has 0 saturated carbocycles. The molecule has 0 unspecified atom stereocenters. The highest BCUT2D eigenvalue weighted by Crippen LogP contribution is 2.37. The first-order valence-corrected chi connectivity index (χ1v) is 11.1.